The zero-order chi connectivity index (χ0) is 15.5. The van der Waals surface area contributed by atoms with Crippen molar-refractivity contribution in [3.05, 3.63) is 29.2 Å². The van der Waals surface area contributed by atoms with Crippen molar-refractivity contribution in [2.24, 2.45) is 0 Å². The van der Waals surface area contributed by atoms with Gasteiger partial charge in [-0.2, -0.15) is 4.98 Å². The number of hydrogen-bond donors (Lipinski definition) is 1. The summed E-state index contributed by atoms with van der Waals surface area (Å²) in [4.78, 5) is 4.56. The molecule has 1 saturated heterocycles. The second-order valence-corrected chi connectivity index (χ2v) is 5.89. The van der Waals surface area contributed by atoms with Crippen molar-refractivity contribution >= 4 is 0 Å². The summed E-state index contributed by atoms with van der Waals surface area (Å²) < 4.78 is 11.2. The molecule has 0 radical (unpaired) electrons. The maximum atomic E-state index is 5.82. The summed E-state index contributed by atoms with van der Waals surface area (Å²) in [5, 5.41) is 7.51. The summed E-state index contributed by atoms with van der Waals surface area (Å²) in [5.74, 6) is 2.30. The number of rotatable bonds is 5. The van der Waals surface area contributed by atoms with Gasteiger partial charge in [0.05, 0.1) is 12.6 Å². The molecule has 0 unspecified atom stereocenters. The summed E-state index contributed by atoms with van der Waals surface area (Å²) in [5.41, 5.74) is 3.19. The van der Waals surface area contributed by atoms with Gasteiger partial charge in [-0.05, 0) is 62.9 Å². The zero-order valence-corrected chi connectivity index (χ0v) is 13.5. The van der Waals surface area contributed by atoms with E-state index in [0.29, 0.717) is 11.7 Å². The van der Waals surface area contributed by atoms with E-state index in [4.69, 9.17) is 9.26 Å². The Morgan fingerprint density at radius 2 is 2.09 bits per heavy atom. The van der Waals surface area contributed by atoms with Gasteiger partial charge < -0.3 is 14.6 Å². The van der Waals surface area contributed by atoms with Crippen LogP contribution in [0.2, 0.25) is 0 Å². The molecule has 0 amide bonds. The molecule has 118 valence electrons. The highest BCUT2D eigenvalue weighted by Crippen LogP contribution is 2.30. The van der Waals surface area contributed by atoms with Crippen LogP contribution in [0.5, 0.6) is 5.75 Å². The largest absolute Gasteiger partial charge is 0.493 e. The molecular formula is C17H23N3O2. The number of hydrogen-bond acceptors (Lipinski definition) is 5. The number of nitrogens with zero attached hydrogens (tertiary/aromatic N) is 2. The van der Waals surface area contributed by atoms with E-state index in [-0.39, 0.29) is 6.04 Å². The van der Waals surface area contributed by atoms with E-state index in [2.05, 4.69) is 48.4 Å². The number of nitrogens with one attached hydrogen (secondary N) is 1. The Kier molecular flexibility index (Phi) is 4.43. The number of aromatic nitrogens is 2. The van der Waals surface area contributed by atoms with Gasteiger partial charge >= 0.3 is 0 Å². The SMILES string of the molecule is CCCOc1c(C)cc(-c2noc([C@@H]3CCCN3)n2)cc1C. The van der Waals surface area contributed by atoms with E-state index in [1.807, 2.05) is 0 Å². The van der Waals surface area contributed by atoms with Crippen molar-refractivity contribution < 1.29 is 9.26 Å². The van der Waals surface area contributed by atoms with Crippen LogP contribution in [-0.4, -0.2) is 23.3 Å². The van der Waals surface area contributed by atoms with Gasteiger partial charge in [-0.3, -0.25) is 0 Å². The molecule has 0 aliphatic carbocycles. The number of aryl methyl sites for hydroxylation is 2. The predicted octanol–water partition coefficient (Wildman–Crippen LogP) is 3.57. The van der Waals surface area contributed by atoms with E-state index in [1.165, 1.54) is 0 Å². The summed E-state index contributed by atoms with van der Waals surface area (Å²) in [7, 11) is 0. The fourth-order valence-corrected chi connectivity index (χ4v) is 2.90. The molecule has 0 spiro atoms. The topological polar surface area (TPSA) is 60.2 Å². The van der Waals surface area contributed by atoms with Crippen molar-refractivity contribution in [1.29, 1.82) is 0 Å². The average molecular weight is 301 g/mol. The Morgan fingerprint density at radius 3 is 2.73 bits per heavy atom. The van der Waals surface area contributed by atoms with Crippen molar-refractivity contribution in [2.75, 3.05) is 13.2 Å². The maximum Gasteiger partial charge on any atom is 0.244 e. The Morgan fingerprint density at radius 1 is 1.32 bits per heavy atom. The van der Waals surface area contributed by atoms with Crippen molar-refractivity contribution in [2.45, 2.75) is 46.1 Å². The lowest BCUT2D eigenvalue weighted by molar-refractivity contribution is 0.313. The van der Waals surface area contributed by atoms with E-state index in [0.717, 1.165) is 54.9 Å². The second kappa shape index (κ2) is 6.48. The van der Waals surface area contributed by atoms with Crippen LogP contribution in [0.25, 0.3) is 11.4 Å². The predicted molar refractivity (Wildman–Crippen MR) is 85.0 cm³/mol. The van der Waals surface area contributed by atoms with Crippen molar-refractivity contribution in [1.82, 2.24) is 15.5 Å². The van der Waals surface area contributed by atoms with Gasteiger partial charge in [0.1, 0.15) is 5.75 Å². The normalized spacial score (nSPS) is 17.9. The lowest BCUT2D eigenvalue weighted by Gasteiger charge is -2.12. The van der Waals surface area contributed by atoms with Gasteiger partial charge in [0, 0.05) is 5.56 Å². The van der Waals surface area contributed by atoms with E-state index < -0.39 is 0 Å². The van der Waals surface area contributed by atoms with Gasteiger partial charge in [0.25, 0.3) is 0 Å². The molecule has 3 rings (SSSR count). The fraction of sp³-hybridized carbons (Fsp3) is 0.529. The first kappa shape index (κ1) is 15.0. The van der Waals surface area contributed by atoms with Crippen molar-refractivity contribution in [3.63, 3.8) is 0 Å². The summed E-state index contributed by atoms with van der Waals surface area (Å²) in [6, 6.07) is 4.33. The molecule has 5 nitrogen and oxygen atoms in total. The van der Waals surface area contributed by atoms with Crippen LogP contribution in [0.1, 0.15) is 49.2 Å². The Bertz CT molecular complexity index is 622. The summed E-state index contributed by atoms with van der Waals surface area (Å²) in [6.07, 6.45) is 3.22. The molecule has 1 fully saturated rings. The second-order valence-electron chi connectivity index (χ2n) is 5.89. The fourth-order valence-electron chi connectivity index (χ4n) is 2.90. The Labute approximate surface area is 131 Å². The summed E-state index contributed by atoms with van der Waals surface area (Å²) in [6.45, 7) is 7.98. The Hall–Kier alpha value is -1.88. The molecule has 1 atom stereocenters. The molecule has 0 saturated carbocycles. The lowest BCUT2D eigenvalue weighted by atomic mass is 10.1. The average Bonchev–Trinajstić information content (AvgIpc) is 3.17. The molecule has 22 heavy (non-hydrogen) atoms. The number of benzene rings is 1. The van der Waals surface area contributed by atoms with Gasteiger partial charge in [0.15, 0.2) is 0 Å². The third-order valence-electron chi connectivity index (χ3n) is 3.97. The van der Waals surface area contributed by atoms with E-state index in [9.17, 15) is 0 Å². The summed E-state index contributed by atoms with van der Waals surface area (Å²) >= 11 is 0. The minimum Gasteiger partial charge on any atom is -0.493 e. The highest BCUT2D eigenvalue weighted by atomic mass is 16.5. The van der Waals surface area contributed by atoms with Crippen molar-refractivity contribution in [3.8, 4) is 17.1 Å². The molecule has 1 aliphatic rings. The maximum absolute atomic E-state index is 5.82. The first-order valence-corrected chi connectivity index (χ1v) is 8.00. The van der Waals surface area contributed by atoms with Crippen LogP contribution in [-0.2, 0) is 0 Å². The van der Waals surface area contributed by atoms with Crippen LogP contribution in [0, 0.1) is 13.8 Å². The Balaban J connectivity index is 1.85. The highest BCUT2D eigenvalue weighted by molar-refractivity contribution is 5.61. The van der Waals surface area contributed by atoms with Crippen LogP contribution in [0.4, 0.5) is 0 Å². The smallest absolute Gasteiger partial charge is 0.244 e. The minimum atomic E-state index is 0.204. The quantitative estimate of drug-likeness (QED) is 0.915. The number of ether oxygens (including phenoxy) is 1. The van der Waals surface area contributed by atoms with E-state index in [1.54, 1.807) is 0 Å². The molecule has 5 heteroatoms. The first-order chi connectivity index (χ1) is 10.7. The van der Waals surface area contributed by atoms with Gasteiger partial charge in [-0.25, -0.2) is 0 Å². The standard InChI is InChI=1S/C17H23N3O2/c1-4-8-21-15-11(2)9-13(10-12(15)3)16-19-17(22-20-16)14-6-5-7-18-14/h9-10,14,18H,4-8H2,1-3H3/t14-/m0/s1. The van der Waals surface area contributed by atoms with Crippen LogP contribution >= 0.6 is 0 Å². The molecule has 2 heterocycles. The van der Waals surface area contributed by atoms with E-state index >= 15 is 0 Å². The molecule has 0 bridgehead atoms. The molecule has 1 aromatic carbocycles. The highest BCUT2D eigenvalue weighted by Gasteiger charge is 2.23. The molecular weight excluding hydrogens is 278 g/mol. The monoisotopic (exact) mass is 301 g/mol. The zero-order valence-electron chi connectivity index (χ0n) is 13.5. The third kappa shape index (κ3) is 2.99. The lowest BCUT2D eigenvalue weighted by Crippen LogP contribution is -2.12. The van der Waals surface area contributed by atoms with Crippen LogP contribution in [0.3, 0.4) is 0 Å². The molecule has 1 N–H and O–H groups in total. The van der Waals surface area contributed by atoms with Gasteiger partial charge in [-0.1, -0.05) is 12.1 Å². The molecule has 2 aromatic rings. The molecule has 1 aromatic heterocycles. The molecule has 1 aliphatic heterocycles. The van der Waals surface area contributed by atoms with Gasteiger partial charge in [0.2, 0.25) is 11.7 Å². The van der Waals surface area contributed by atoms with Crippen LogP contribution in [0.15, 0.2) is 16.7 Å². The first-order valence-electron chi connectivity index (χ1n) is 8.00. The minimum absolute atomic E-state index is 0.204. The van der Waals surface area contributed by atoms with Gasteiger partial charge in [-0.15, -0.1) is 0 Å². The van der Waals surface area contributed by atoms with Crippen LogP contribution < -0.4 is 10.1 Å². The third-order valence-corrected chi connectivity index (χ3v) is 3.97.